The van der Waals surface area contributed by atoms with Crippen molar-refractivity contribution in [2.45, 2.75) is 19.8 Å². The molecule has 84 valence electrons. The second-order valence-electron chi connectivity index (χ2n) is 3.31. The van der Waals surface area contributed by atoms with E-state index in [1.807, 2.05) is 0 Å². The Bertz CT molecular complexity index is 464. The van der Waals surface area contributed by atoms with E-state index < -0.39 is 24.4 Å². The normalized spacial score (nSPS) is 10.2. The molecule has 1 rings (SSSR count). The van der Waals surface area contributed by atoms with Crippen LogP contribution in [0, 0.1) is 18.3 Å². The van der Waals surface area contributed by atoms with Gasteiger partial charge < -0.3 is 5.11 Å². The van der Waals surface area contributed by atoms with Gasteiger partial charge in [0.15, 0.2) is 0 Å². The molecule has 0 heterocycles. The Kier molecular flexibility index (Phi) is 3.56. The van der Waals surface area contributed by atoms with Crippen molar-refractivity contribution < 1.29 is 18.7 Å². The maximum Gasteiger partial charge on any atom is 0.307 e. The van der Waals surface area contributed by atoms with Gasteiger partial charge in [0.1, 0.15) is 0 Å². The summed E-state index contributed by atoms with van der Waals surface area (Å²) in [6, 6.07) is 4.49. The van der Waals surface area contributed by atoms with Gasteiger partial charge >= 0.3 is 5.97 Å². The van der Waals surface area contributed by atoms with Crippen molar-refractivity contribution in [1.29, 1.82) is 5.26 Å². The van der Waals surface area contributed by atoms with Crippen LogP contribution in [-0.2, 0) is 11.2 Å². The fourth-order valence-electron chi connectivity index (χ4n) is 1.49. The van der Waals surface area contributed by atoms with Crippen LogP contribution in [0.5, 0.6) is 0 Å². The zero-order valence-electron chi connectivity index (χ0n) is 8.50. The van der Waals surface area contributed by atoms with Gasteiger partial charge in [-0.05, 0) is 18.1 Å². The monoisotopic (exact) mass is 225 g/mol. The fraction of sp³-hybridized carbons (Fsp3) is 0.273. The Hall–Kier alpha value is -1.96. The van der Waals surface area contributed by atoms with Crippen molar-refractivity contribution in [3.05, 3.63) is 34.4 Å². The molecular weight excluding hydrogens is 216 g/mol. The number of rotatable bonds is 3. The molecule has 0 radical (unpaired) electrons. The number of alkyl halides is 2. The molecule has 0 aliphatic rings. The Morgan fingerprint density at radius 1 is 1.56 bits per heavy atom. The van der Waals surface area contributed by atoms with Crippen LogP contribution < -0.4 is 0 Å². The lowest BCUT2D eigenvalue weighted by atomic mass is 9.96. The molecule has 0 saturated heterocycles. The lowest BCUT2D eigenvalue weighted by molar-refractivity contribution is -0.136. The molecule has 0 saturated carbocycles. The molecule has 0 bridgehead atoms. The van der Waals surface area contributed by atoms with Crippen molar-refractivity contribution in [2.75, 3.05) is 0 Å². The summed E-state index contributed by atoms with van der Waals surface area (Å²) in [7, 11) is 0. The molecule has 0 fully saturated rings. The van der Waals surface area contributed by atoms with Crippen molar-refractivity contribution in [2.24, 2.45) is 0 Å². The van der Waals surface area contributed by atoms with E-state index in [4.69, 9.17) is 10.4 Å². The third-order valence-corrected chi connectivity index (χ3v) is 2.22. The Labute approximate surface area is 90.9 Å². The van der Waals surface area contributed by atoms with E-state index in [-0.39, 0.29) is 11.1 Å². The number of halogens is 2. The summed E-state index contributed by atoms with van der Waals surface area (Å²) < 4.78 is 25.5. The number of aliphatic carboxylic acids is 1. The molecule has 0 aliphatic heterocycles. The van der Waals surface area contributed by atoms with E-state index in [1.165, 1.54) is 19.1 Å². The van der Waals surface area contributed by atoms with Crippen LogP contribution in [0.2, 0.25) is 0 Å². The number of carboxylic acids is 1. The number of carbonyl (C=O) groups is 1. The van der Waals surface area contributed by atoms with Gasteiger partial charge in [0.25, 0.3) is 6.43 Å². The first-order valence-electron chi connectivity index (χ1n) is 4.49. The minimum absolute atomic E-state index is 0.00958. The molecule has 0 atom stereocenters. The first-order valence-corrected chi connectivity index (χ1v) is 4.49. The van der Waals surface area contributed by atoms with Gasteiger partial charge in [0, 0.05) is 5.56 Å². The highest BCUT2D eigenvalue weighted by Gasteiger charge is 2.20. The summed E-state index contributed by atoms with van der Waals surface area (Å²) in [4.78, 5) is 10.5. The SMILES string of the molecule is Cc1ccc(CC(=O)O)c(C(F)F)c1C#N. The molecular formula is C11H9F2NO2. The highest BCUT2D eigenvalue weighted by Crippen LogP contribution is 2.29. The number of aryl methyl sites for hydroxylation is 1. The molecule has 0 spiro atoms. The Morgan fingerprint density at radius 2 is 2.19 bits per heavy atom. The van der Waals surface area contributed by atoms with Crippen molar-refractivity contribution >= 4 is 5.97 Å². The van der Waals surface area contributed by atoms with Crippen molar-refractivity contribution in [1.82, 2.24) is 0 Å². The van der Waals surface area contributed by atoms with E-state index in [2.05, 4.69) is 0 Å². The molecule has 5 heteroatoms. The topological polar surface area (TPSA) is 61.1 Å². The second-order valence-corrected chi connectivity index (χ2v) is 3.31. The van der Waals surface area contributed by atoms with Gasteiger partial charge in [-0.25, -0.2) is 8.78 Å². The number of benzene rings is 1. The number of hydrogen-bond acceptors (Lipinski definition) is 2. The van der Waals surface area contributed by atoms with Gasteiger partial charge in [0.2, 0.25) is 0 Å². The largest absolute Gasteiger partial charge is 0.481 e. The van der Waals surface area contributed by atoms with Crippen LogP contribution in [-0.4, -0.2) is 11.1 Å². The number of hydrogen-bond donors (Lipinski definition) is 1. The maximum atomic E-state index is 12.8. The Balaban J connectivity index is 3.40. The smallest absolute Gasteiger partial charge is 0.307 e. The summed E-state index contributed by atoms with van der Waals surface area (Å²) >= 11 is 0. The molecule has 0 aliphatic carbocycles. The summed E-state index contributed by atoms with van der Waals surface area (Å²) in [5, 5.41) is 17.4. The standard InChI is InChI=1S/C11H9F2NO2/c1-6-2-3-7(4-9(15)16)10(11(12)13)8(6)5-14/h2-3,11H,4H2,1H3,(H,15,16). The first-order chi connectivity index (χ1) is 7.47. The average Bonchev–Trinajstić information content (AvgIpc) is 2.18. The van der Waals surface area contributed by atoms with Gasteiger partial charge in [-0.2, -0.15) is 5.26 Å². The highest BCUT2D eigenvalue weighted by molar-refractivity contribution is 5.71. The predicted molar refractivity (Wildman–Crippen MR) is 52.2 cm³/mol. The molecule has 1 aromatic rings. The molecule has 3 nitrogen and oxygen atoms in total. The lowest BCUT2D eigenvalue weighted by Gasteiger charge is -2.10. The van der Waals surface area contributed by atoms with Crippen LogP contribution >= 0.6 is 0 Å². The highest BCUT2D eigenvalue weighted by atomic mass is 19.3. The van der Waals surface area contributed by atoms with Gasteiger partial charge in [0.05, 0.1) is 18.1 Å². The lowest BCUT2D eigenvalue weighted by Crippen LogP contribution is -2.06. The summed E-state index contributed by atoms with van der Waals surface area (Å²) in [5.41, 5.74) is -0.185. The molecule has 0 amide bonds. The zero-order valence-corrected chi connectivity index (χ0v) is 8.50. The summed E-state index contributed by atoms with van der Waals surface area (Å²) in [6.45, 7) is 1.54. The third-order valence-electron chi connectivity index (χ3n) is 2.22. The van der Waals surface area contributed by atoms with Crippen LogP contribution in [0.4, 0.5) is 8.78 Å². The van der Waals surface area contributed by atoms with Crippen molar-refractivity contribution in [3.63, 3.8) is 0 Å². The minimum atomic E-state index is -2.84. The average molecular weight is 225 g/mol. The quantitative estimate of drug-likeness (QED) is 0.859. The van der Waals surface area contributed by atoms with Crippen molar-refractivity contribution in [3.8, 4) is 6.07 Å². The van der Waals surface area contributed by atoms with Crippen LogP contribution in [0.3, 0.4) is 0 Å². The predicted octanol–water partition coefficient (Wildman–Crippen LogP) is 2.43. The summed E-state index contributed by atoms with van der Waals surface area (Å²) in [6.07, 6.45) is -3.35. The molecule has 1 aromatic carbocycles. The van der Waals surface area contributed by atoms with Crippen LogP contribution in [0.1, 0.15) is 28.7 Å². The van der Waals surface area contributed by atoms with E-state index in [0.29, 0.717) is 5.56 Å². The van der Waals surface area contributed by atoms with Crippen LogP contribution in [0.15, 0.2) is 12.1 Å². The first kappa shape index (κ1) is 12.1. The summed E-state index contributed by atoms with van der Waals surface area (Å²) in [5.74, 6) is -1.20. The maximum absolute atomic E-state index is 12.8. The molecule has 1 N–H and O–H groups in total. The number of nitriles is 1. The van der Waals surface area contributed by atoms with E-state index in [1.54, 1.807) is 6.07 Å². The molecule has 16 heavy (non-hydrogen) atoms. The number of nitrogens with zero attached hydrogens (tertiary/aromatic N) is 1. The van der Waals surface area contributed by atoms with E-state index in [9.17, 15) is 13.6 Å². The van der Waals surface area contributed by atoms with E-state index >= 15 is 0 Å². The molecule has 0 unspecified atom stereocenters. The third kappa shape index (κ3) is 2.34. The van der Waals surface area contributed by atoms with E-state index in [0.717, 1.165) is 0 Å². The second kappa shape index (κ2) is 4.71. The molecule has 0 aromatic heterocycles. The fourth-order valence-corrected chi connectivity index (χ4v) is 1.49. The van der Waals surface area contributed by atoms with Gasteiger partial charge in [-0.1, -0.05) is 12.1 Å². The Morgan fingerprint density at radius 3 is 2.62 bits per heavy atom. The van der Waals surface area contributed by atoms with Crippen LogP contribution in [0.25, 0.3) is 0 Å². The van der Waals surface area contributed by atoms with Gasteiger partial charge in [-0.15, -0.1) is 0 Å². The zero-order chi connectivity index (χ0) is 12.3. The number of carboxylic acid groups (broad SMARTS) is 1. The van der Waals surface area contributed by atoms with Gasteiger partial charge in [-0.3, -0.25) is 4.79 Å². The minimum Gasteiger partial charge on any atom is -0.481 e.